The maximum Gasteiger partial charge on any atom is 0.154 e. The highest BCUT2D eigenvalue weighted by atomic mass is 79.9. The minimum atomic E-state index is 0.564. The molecule has 1 N–H and O–H groups in total. The van der Waals surface area contributed by atoms with Gasteiger partial charge in [-0.05, 0) is 61.2 Å². The van der Waals surface area contributed by atoms with Crippen molar-refractivity contribution in [2.24, 2.45) is 0 Å². The van der Waals surface area contributed by atoms with Crippen molar-refractivity contribution in [2.45, 2.75) is 52.1 Å². The molecule has 0 saturated carbocycles. The van der Waals surface area contributed by atoms with Crippen molar-refractivity contribution in [3.8, 4) is 0 Å². The van der Waals surface area contributed by atoms with Crippen molar-refractivity contribution >= 4 is 21.7 Å². The number of pyridine rings is 1. The van der Waals surface area contributed by atoms with Gasteiger partial charge in [-0.3, -0.25) is 0 Å². The van der Waals surface area contributed by atoms with Crippen LogP contribution in [-0.2, 0) is 0 Å². The Bertz CT molecular complexity index is 384. The van der Waals surface area contributed by atoms with Crippen molar-refractivity contribution in [3.63, 3.8) is 0 Å². The van der Waals surface area contributed by atoms with Crippen LogP contribution in [0.25, 0.3) is 0 Å². The lowest BCUT2D eigenvalue weighted by Crippen LogP contribution is -2.47. The molecule has 3 nitrogen and oxygen atoms in total. The maximum absolute atomic E-state index is 4.44. The molecule has 2 rings (SSSR count). The zero-order valence-corrected chi connectivity index (χ0v) is 12.3. The van der Waals surface area contributed by atoms with E-state index in [1.54, 1.807) is 0 Å². The molecule has 0 radical (unpaired) electrons. The summed E-state index contributed by atoms with van der Waals surface area (Å²) in [5.74, 6) is 0.913. The molecule has 4 heteroatoms. The molecule has 1 aliphatic heterocycles. The second-order valence-electron chi connectivity index (χ2n) is 4.99. The van der Waals surface area contributed by atoms with Crippen LogP contribution in [0.1, 0.15) is 38.7 Å². The number of hydrazine groups is 1. The molecule has 0 aliphatic carbocycles. The third-order valence-corrected chi connectivity index (χ3v) is 4.01. The fourth-order valence-corrected chi connectivity index (χ4v) is 2.93. The van der Waals surface area contributed by atoms with E-state index >= 15 is 0 Å². The van der Waals surface area contributed by atoms with Crippen LogP contribution in [0.5, 0.6) is 0 Å². The number of hydrogen-bond acceptors (Lipinski definition) is 3. The summed E-state index contributed by atoms with van der Waals surface area (Å²) < 4.78 is 1.03. The van der Waals surface area contributed by atoms with Gasteiger partial charge in [0.25, 0.3) is 0 Å². The lowest BCUT2D eigenvalue weighted by atomic mass is 10.00. The van der Waals surface area contributed by atoms with Gasteiger partial charge in [0, 0.05) is 18.3 Å². The Morgan fingerprint density at radius 2 is 2.00 bits per heavy atom. The number of hydrogen-bond donors (Lipinski definition) is 1. The summed E-state index contributed by atoms with van der Waals surface area (Å²) >= 11 is 3.56. The maximum atomic E-state index is 4.44. The molecule has 1 aliphatic rings. The summed E-state index contributed by atoms with van der Waals surface area (Å²) in [7, 11) is 0. The van der Waals surface area contributed by atoms with Crippen molar-refractivity contribution in [1.82, 2.24) is 9.99 Å². The Balaban J connectivity index is 2.13. The Morgan fingerprint density at radius 3 is 2.59 bits per heavy atom. The highest BCUT2D eigenvalue weighted by Gasteiger charge is 2.25. The van der Waals surface area contributed by atoms with E-state index < -0.39 is 0 Å². The lowest BCUT2D eigenvalue weighted by molar-refractivity contribution is 0.135. The fraction of sp³-hybridized carbons (Fsp3) is 0.615. The standard InChI is InChI=1S/C13H20BrN3/c1-9-7-12(14)13(15-8-9)16-17-10(2)5-4-6-11(17)3/h7-8,10-11H,4-6H2,1-3H3,(H,15,16). The van der Waals surface area contributed by atoms with Gasteiger partial charge in [0.1, 0.15) is 0 Å². The minimum Gasteiger partial charge on any atom is -0.302 e. The third-order valence-electron chi connectivity index (χ3n) is 3.41. The van der Waals surface area contributed by atoms with Gasteiger partial charge in [-0.1, -0.05) is 6.42 Å². The number of anilines is 1. The molecule has 0 aromatic carbocycles. The van der Waals surface area contributed by atoms with Gasteiger partial charge in [-0.25, -0.2) is 9.99 Å². The molecule has 17 heavy (non-hydrogen) atoms. The summed E-state index contributed by atoms with van der Waals surface area (Å²) in [5.41, 5.74) is 4.62. The number of rotatable bonds is 2. The van der Waals surface area contributed by atoms with Gasteiger partial charge in [-0.2, -0.15) is 0 Å². The molecule has 0 amide bonds. The summed E-state index contributed by atoms with van der Waals surface area (Å²) in [5, 5.41) is 2.33. The summed E-state index contributed by atoms with van der Waals surface area (Å²) in [4.78, 5) is 4.44. The molecular weight excluding hydrogens is 278 g/mol. The zero-order chi connectivity index (χ0) is 12.4. The first kappa shape index (κ1) is 12.8. The first-order valence-corrected chi connectivity index (χ1v) is 7.04. The molecule has 1 aromatic heterocycles. The van der Waals surface area contributed by atoms with Gasteiger partial charge in [-0.15, -0.1) is 0 Å². The first-order valence-electron chi connectivity index (χ1n) is 6.25. The van der Waals surface area contributed by atoms with E-state index in [4.69, 9.17) is 0 Å². The first-order chi connectivity index (χ1) is 8.08. The molecule has 0 spiro atoms. The monoisotopic (exact) mass is 297 g/mol. The SMILES string of the molecule is Cc1cnc(NN2C(C)CCCC2C)c(Br)c1. The summed E-state index contributed by atoms with van der Waals surface area (Å²) in [6, 6.07) is 3.22. The van der Waals surface area contributed by atoms with Gasteiger partial charge in [0.2, 0.25) is 0 Å². The average molecular weight is 298 g/mol. The van der Waals surface area contributed by atoms with Crippen molar-refractivity contribution in [3.05, 3.63) is 22.3 Å². The minimum absolute atomic E-state index is 0.564. The second-order valence-corrected chi connectivity index (χ2v) is 5.85. The number of piperidine rings is 1. The van der Waals surface area contributed by atoms with Crippen LogP contribution in [0, 0.1) is 6.92 Å². The van der Waals surface area contributed by atoms with E-state index in [0.717, 1.165) is 10.3 Å². The van der Waals surface area contributed by atoms with Crippen LogP contribution >= 0.6 is 15.9 Å². The van der Waals surface area contributed by atoms with Crippen LogP contribution in [0.3, 0.4) is 0 Å². The van der Waals surface area contributed by atoms with Crippen LogP contribution in [-0.4, -0.2) is 22.1 Å². The van der Waals surface area contributed by atoms with Gasteiger partial charge >= 0.3 is 0 Å². The van der Waals surface area contributed by atoms with E-state index in [1.807, 2.05) is 13.1 Å². The summed E-state index contributed by atoms with van der Waals surface area (Å²) in [6.07, 6.45) is 5.72. The Morgan fingerprint density at radius 1 is 1.35 bits per heavy atom. The van der Waals surface area contributed by atoms with Crippen molar-refractivity contribution in [1.29, 1.82) is 0 Å². The van der Waals surface area contributed by atoms with E-state index in [9.17, 15) is 0 Å². The van der Waals surface area contributed by atoms with Crippen molar-refractivity contribution in [2.75, 3.05) is 5.43 Å². The van der Waals surface area contributed by atoms with Crippen LogP contribution in [0.4, 0.5) is 5.82 Å². The molecule has 94 valence electrons. The molecule has 1 aromatic rings. The molecule has 1 saturated heterocycles. The number of nitrogens with zero attached hydrogens (tertiary/aromatic N) is 2. The molecule has 2 atom stereocenters. The van der Waals surface area contributed by atoms with E-state index in [1.165, 1.54) is 24.8 Å². The van der Waals surface area contributed by atoms with Crippen LogP contribution < -0.4 is 5.43 Å². The average Bonchev–Trinajstić information content (AvgIpc) is 2.26. The highest BCUT2D eigenvalue weighted by Crippen LogP contribution is 2.26. The Kier molecular flexibility index (Phi) is 4.05. The Labute approximate surface area is 112 Å². The van der Waals surface area contributed by atoms with Gasteiger partial charge in [0.05, 0.1) is 4.47 Å². The predicted octanol–water partition coefficient (Wildman–Crippen LogP) is 3.74. The fourth-order valence-electron chi connectivity index (χ4n) is 2.38. The zero-order valence-electron chi connectivity index (χ0n) is 10.7. The Hall–Kier alpha value is -0.610. The van der Waals surface area contributed by atoms with Crippen molar-refractivity contribution < 1.29 is 0 Å². The second kappa shape index (κ2) is 5.36. The lowest BCUT2D eigenvalue weighted by Gasteiger charge is -2.39. The largest absolute Gasteiger partial charge is 0.302 e. The van der Waals surface area contributed by atoms with E-state index in [2.05, 4.69) is 51.3 Å². The van der Waals surface area contributed by atoms with Crippen LogP contribution in [0.15, 0.2) is 16.7 Å². The number of aromatic nitrogens is 1. The number of aryl methyl sites for hydroxylation is 1. The van der Waals surface area contributed by atoms with E-state index in [0.29, 0.717) is 12.1 Å². The number of halogens is 1. The van der Waals surface area contributed by atoms with E-state index in [-0.39, 0.29) is 0 Å². The molecule has 2 heterocycles. The third kappa shape index (κ3) is 2.99. The molecule has 0 bridgehead atoms. The predicted molar refractivity (Wildman–Crippen MR) is 74.9 cm³/mol. The smallest absolute Gasteiger partial charge is 0.154 e. The summed E-state index contributed by atoms with van der Waals surface area (Å²) in [6.45, 7) is 6.59. The molecule has 2 unspecified atom stereocenters. The normalized spacial score (nSPS) is 25.9. The highest BCUT2D eigenvalue weighted by molar-refractivity contribution is 9.10. The van der Waals surface area contributed by atoms with Gasteiger partial charge in [0.15, 0.2) is 5.82 Å². The molecule has 1 fully saturated rings. The molecular formula is C13H20BrN3. The number of nitrogens with one attached hydrogen (secondary N) is 1. The quantitative estimate of drug-likeness (QED) is 0.901. The van der Waals surface area contributed by atoms with Gasteiger partial charge < -0.3 is 5.43 Å². The van der Waals surface area contributed by atoms with Crippen LogP contribution in [0.2, 0.25) is 0 Å². The topological polar surface area (TPSA) is 28.2 Å².